The van der Waals surface area contributed by atoms with E-state index in [4.69, 9.17) is 5.11 Å². The highest BCUT2D eigenvalue weighted by atomic mass is 16.6. The van der Waals surface area contributed by atoms with E-state index >= 15 is 0 Å². The minimum absolute atomic E-state index is 0.0618. The number of carbonyl (C=O) groups is 2. The first-order chi connectivity index (χ1) is 7.74. The average Bonchev–Trinajstić information content (AvgIpc) is 2.34. The summed E-state index contributed by atoms with van der Waals surface area (Å²) in [4.78, 5) is 24.2. The van der Waals surface area contributed by atoms with Gasteiger partial charge in [-0.25, -0.2) is 4.79 Å². The van der Waals surface area contributed by atoms with Crippen LogP contribution in [0.3, 0.4) is 0 Å². The Balaban J connectivity index is 2.15. The second-order valence-corrected chi connectivity index (χ2v) is 3.34. The third-order valence-corrected chi connectivity index (χ3v) is 2.18. The monoisotopic (exact) mass is 231 g/mol. The number of carbonyl (C=O) groups excluding carboxylic acids is 2. The maximum absolute atomic E-state index is 11.6. The molecule has 1 saturated heterocycles. The van der Waals surface area contributed by atoms with Crippen LogP contribution in [0.15, 0.2) is 0 Å². The van der Waals surface area contributed by atoms with E-state index < -0.39 is 6.09 Å². The number of hydrogen-bond acceptors (Lipinski definition) is 5. The fraction of sp³-hybridized carbons (Fsp3) is 0.778. The van der Waals surface area contributed by atoms with Gasteiger partial charge in [-0.05, 0) is 0 Å². The number of nitrogens with zero attached hydrogens (tertiary/aromatic N) is 1. The molecule has 0 aromatic heterocycles. The SMILES string of the molecule is O=C(NCC(=O)N1CCNCC1)OCCO. The van der Waals surface area contributed by atoms with Crippen molar-refractivity contribution in [1.29, 1.82) is 0 Å². The molecule has 0 saturated carbocycles. The molecule has 16 heavy (non-hydrogen) atoms. The van der Waals surface area contributed by atoms with Crippen LogP contribution in [0.4, 0.5) is 4.79 Å². The molecule has 1 fully saturated rings. The Bertz CT molecular complexity index is 241. The molecule has 7 heteroatoms. The molecule has 0 atom stereocenters. The number of amides is 2. The van der Waals surface area contributed by atoms with Gasteiger partial charge in [-0.3, -0.25) is 4.79 Å². The molecule has 3 N–H and O–H groups in total. The highest BCUT2D eigenvalue weighted by Crippen LogP contribution is 1.92. The van der Waals surface area contributed by atoms with Crippen molar-refractivity contribution < 1.29 is 19.4 Å². The zero-order valence-electron chi connectivity index (χ0n) is 9.07. The number of alkyl carbamates (subject to hydrolysis) is 1. The molecule has 0 aliphatic carbocycles. The molecule has 1 heterocycles. The van der Waals surface area contributed by atoms with Crippen molar-refractivity contribution in [3.05, 3.63) is 0 Å². The Morgan fingerprint density at radius 3 is 2.69 bits per heavy atom. The standard InChI is InChI=1S/C9H17N3O4/c13-5-6-16-9(15)11-7-8(14)12-3-1-10-2-4-12/h10,13H,1-7H2,(H,11,15). The van der Waals surface area contributed by atoms with E-state index in [9.17, 15) is 9.59 Å². The number of nitrogens with one attached hydrogen (secondary N) is 2. The van der Waals surface area contributed by atoms with E-state index in [-0.39, 0.29) is 25.7 Å². The van der Waals surface area contributed by atoms with Crippen LogP contribution in [0, 0.1) is 0 Å². The summed E-state index contributed by atoms with van der Waals surface area (Å²) in [6, 6.07) is 0. The van der Waals surface area contributed by atoms with Gasteiger partial charge in [-0.1, -0.05) is 0 Å². The van der Waals surface area contributed by atoms with Gasteiger partial charge in [0, 0.05) is 26.2 Å². The first-order valence-corrected chi connectivity index (χ1v) is 5.24. The van der Waals surface area contributed by atoms with Gasteiger partial charge in [0.25, 0.3) is 0 Å². The maximum atomic E-state index is 11.6. The highest BCUT2D eigenvalue weighted by Gasteiger charge is 2.16. The summed E-state index contributed by atoms with van der Waals surface area (Å²) in [5, 5.41) is 13.9. The van der Waals surface area contributed by atoms with Gasteiger partial charge in [-0.2, -0.15) is 0 Å². The van der Waals surface area contributed by atoms with Crippen molar-refractivity contribution in [2.45, 2.75) is 0 Å². The summed E-state index contributed by atoms with van der Waals surface area (Å²) in [7, 11) is 0. The molecule has 0 aromatic carbocycles. The van der Waals surface area contributed by atoms with Gasteiger partial charge in [-0.15, -0.1) is 0 Å². The number of rotatable bonds is 4. The molecule has 0 radical (unpaired) electrons. The Kier molecular flexibility index (Phi) is 5.58. The lowest BCUT2D eigenvalue weighted by atomic mass is 10.3. The van der Waals surface area contributed by atoms with Gasteiger partial charge >= 0.3 is 6.09 Å². The first-order valence-electron chi connectivity index (χ1n) is 5.24. The molecule has 92 valence electrons. The van der Waals surface area contributed by atoms with Crippen LogP contribution in [0.5, 0.6) is 0 Å². The third kappa shape index (κ3) is 4.45. The molecule has 0 spiro atoms. The van der Waals surface area contributed by atoms with Crippen molar-refractivity contribution in [1.82, 2.24) is 15.5 Å². The van der Waals surface area contributed by atoms with Crippen molar-refractivity contribution in [2.24, 2.45) is 0 Å². The van der Waals surface area contributed by atoms with Crippen LogP contribution in [-0.2, 0) is 9.53 Å². The Labute approximate surface area is 93.7 Å². The van der Waals surface area contributed by atoms with Gasteiger partial charge in [0.1, 0.15) is 13.2 Å². The van der Waals surface area contributed by atoms with E-state index in [0.29, 0.717) is 13.1 Å². The molecule has 0 unspecified atom stereocenters. The van der Waals surface area contributed by atoms with Crippen molar-refractivity contribution in [3.8, 4) is 0 Å². The van der Waals surface area contributed by atoms with E-state index in [1.165, 1.54) is 0 Å². The second kappa shape index (κ2) is 7.02. The number of ether oxygens (including phenoxy) is 1. The fourth-order valence-corrected chi connectivity index (χ4v) is 1.36. The van der Waals surface area contributed by atoms with E-state index in [0.717, 1.165) is 13.1 Å². The summed E-state index contributed by atoms with van der Waals surface area (Å²) in [6.45, 7) is 2.52. The summed E-state index contributed by atoms with van der Waals surface area (Å²) in [5.74, 6) is -0.123. The molecule has 7 nitrogen and oxygen atoms in total. The van der Waals surface area contributed by atoms with Gasteiger partial charge in [0.05, 0.1) is 6.61 Å². The summed E-state index contributed by atoms with van der Waals surface area (Å²) in [5.41, 5.74) is 0. The molecule has 1 rings (SSSR count). The Morgan fingerprint density at radius 2 is 2.06 bits per heavy atom. The predicted molar refractivity (Wildman–Crippen MR) is 55.9 cm³/mol. The lowest BCUT2D eigenvalue weighted by Gasteiger charge is -2.27. The van der Waals surface area contributed by atoms with Crippen molar-refractivity contribution in [2.75, 3.05) is 45.9 Å². The zero-order valence-corrected chi connectivity index (χ0v) is 9.07. The van der Waals surface area contributed by atoms with Crippen LogP contribution in [-0.4, -0.2) is 67.9 Å². The summed E-state index contributed by atoms with van der Waals surface area (Å²) in [6.07, 6.45) is -0.683. The van der Waals surface area contributed by atoms with E-state index in [1.807, 2.05) is 0 Å². The van der Waals surface area contributed by atoms with Gasteiger partial charge < -0.3 is 25.4 Å². The fourth-order valence-electron chi connectivity index (χ4n) is 1.36. The third-order valence-electron chi connectivity index (χ3n) is 2.18. The first kappa shape index (κ1) is 12.7. The molecule has 0 aromatic rings. The lowest BCUT2D eigenvalue weighted by Crippen LogP contribution is -2.49. The zero-order chi connectivity index (χ0) is 11.8. The van der Waals surface area contributed by atoms with E-state index in [2.05, 4.69) is 15.4 Å². The number of aliphatic hydroxyl groups excluding tert-OH is 1. The average molecular weight is 231 g/mol. The van der Waals surface area contributed by atoms with Crippen molar-refractivity contribution >= 4 is 12.0 Å². The molecular formula is C9H17N3O4. The predicted octanol–water partition coefficient (Wildman–Crippen LogP) is -1.86. The summed E-state index contributed by atoms with van der Waals surface area (Å²) >= 11 is 0. The number of aliphatic hydroxyl groups is 1. The largest absolute Gasteiger partial charge is 0.447 e. The minimum Gasteiger partial charge on any atom is -0.447 e. The topological polar surface area (TPSA) is 90.9 Å². The molecule has 2 amide bonds. The maximum Gasteiger partial charge on any atom is 0.407 e. The van der Waals surface area contributed by atoms with Crippen LogP contribution in [0.1, 0.15) is 0 Å². The van der Waals surface area contributed by atoms with Crippen molar-refractivity contribution in [3.63, 3.8) is 0 Å². The molecule has 0 bridgehead atoms. The van der Waals surface area contributed by atoms with Gasteiger partial charge in [0.15, 0.2) is 0 Å². The molecular weight excluding hydrogens is 214 g/mol. The summed E-state index contributed by atoms with van der Waals surface area (Å²) < 4.78 is 4.55. The minimum atomic E-state index is -0.683. The Morgan fingerprint density at radius 1 is 1.38 bits per heavy atom. The van der Waals surface area contributed by atoms with Crippen LogP contribution in [0.25, 0.3) is 0 Å². The Hall–Kier alpha value is -1.34. The van der Waals surface area contributed by atoms with Crippen LogP contribution < -0.4 is 10.6 Å². The number of hydrogen-bond donors (Lipinski definition) is 3. The van der Waals surface area contributed by atoms with E-state index in [1.54, 1.807) is 4.90 Å². The lowest BCUT2D eigenvalue weighted by molar-refractivity contribution is -0.130. The van der Waals surface area contributed by atoms with Gasteiger partial charge in [0.2, 0.25) is 5.91 Å². The smallest absolute Gasteiger partial charge is 0.407 e. The molecule has 1 aliphatic rings. The van der Waals surface area contributed by atoms with Crippen LogP contribution >= 0.6 is 0 Å². The highest BCUT2D eigenvalue weighted by molar-refractivity contribution is 5.82. The quantitative estimate of drug-likeness (QED) is 0.527. The second-order valence-electron chi connectivity index (χ2n) is 3.34. The van der Waals surface area contributed by atoms with Crippen LogP contribution in [0.2, 0.25) is 0 Å². The number of piperazine rings is 1. The normalized spacial score (nSPS) is 15.7. The molecule has 1 aliphatic heterocycles.